The van der Waals surface area contributed by atoms with Gasteiger partial charge in [-0.2, -0.15) is 0 Å². The van der Waals surface area contributed by atoms with Gasteiger partial charge in [-0.3, -0.25) is 9.59 Å². The standard InChI is InChI=1S/C19H22N2O5/c1-2-25-16(23)11-15(22)21-18-17(20-12-7-3-4-8-12)13-9-5-6-10-14(13)26-19(18)24/h5-6,9-10,12,20H,2-4,7-8,11H2,1H3,(H,21,22). The van der Waals surface area contributed by atoms with E-state index in [9.17, 15) is 14.4 Å². The van der Waals surface area contributed by atoms with Crippen molar-refractivity contribution >= 4 is 34.2 Å². The van der Waals surface area contributed by atoms with E-state index in [0.717, 1.165) is 25.7 Å². The van der Waals surface area contributed by atoms with Gasteiger partial charge in [0.05, 0.1) is 12.3 Å². The molecular weight excluding hydrogens is 336 g/mol. The Balaban J connectivity index is 1.94. The summed E-state index contributed by atoms with van der Waals surface area (Å²) in [4.78, 5) is 36.1. The van der Waals surface area contributed by atoms with E-state index in [2.05, 4.69) is 10.6 Å². The minimum atomic E-state index is -0.651. The molecule has 1 aliphatic rings. The summed E-state index contributed by atoms with van der Waals surface area (Å²) >= 11 is 0. The Morgan fingerprint density at radius 2 is 1.92 bits per heavy atom. The highest BCUT2D eigenvalue weighted by molar-refractivity contribution is 6.06. The summed E-state index contributed by atoms with van der Waals surface area (Å²) in [7, 11) is 0. The molecular formula is C19H22N2O5. The monoisotopic (exact) mass is 358 g/mol. The molecule has 0 aliphatic heterocycles. The zero-order valence-electron chi connectivity index (χ0n) is 14.7. The number of nitrogens with one attached hydrogen (secondary N) is 2. The van der Waals surface area contributed by atoms with Gasteiger partial charge in [0.1, 0.15) is 12.0 Å². The molecule has 26 heavy (non-hydrogen) atoms. The van der Waals surface area contributed by atoms with Crippen molar-refractivity contribution in [2.24, 2.45) is 0 Å². The highest BCUT2D eigenvalue weighted by Crippen LogP contribution is 2.32. The number of anilines is 2. The third-order valence-electron chi connectivity index (χ3n) is 4.39. The molecule has 0 bridgehead atoms. The first kappa shape index (κ1) is 18.0. The van der Waals surface area contributed by atoms with Gasteiger partial charge in [0.15, 0.2) is 5.69 Å². The maximum atomic E-state index is 12.4. The SMILES string of the molecule is CCOC(=O)CC(=O)Nc1c(NC2CCCC2)c2ccccc2oc1=O. The normalized spacial score (nSPS) is 14.3. The fourth-order valence-corrected chi connectivity index (χ4v) is 3.21. The molecule has 7 heteroatoms. The molecule has 138 valence electrons. The van der Waals surface area contributed by atoms with E-state index in [1.807, 2.05) is 12.1 Å². The molecule has 1 heterocycles. The fourth-order valence-electron chi connectivity index (χ4n) is 3.21. The molecule has 0 spiro atoms. The number of benzene rings is 1. The predicted molar refractivity (Wildman–Crippen MR) is 98.2 cm³/mol. The summed E-state index contributed by atoms with van der Waals surface area (Å²) in [6.07, 6.45) is 3.81. The maximum absolute atomic E-state index is 12.4. The van der Waals surface area contributed by atoms with Crippen LogP contribution in [0.3, 0.4) is 0 Å². The van der Waals surface area contributed by atoms with Crippen molar-refractivity contribution in [3.63, 3.8) is 0 Å². The summed E-state index contributed by atoms with van der Waals surface area (Å²) in [6, 6.07) is 7.40. The van der Waals surface area contributed by atoms with E-state index in [0.29, 0.717) is 16.7 Å². The van der Waals surface area contributed by atoms with Crippen LogP contribution in [0.4, 0.5) is 11.4 Å². The first-order chi connectivity index (χ1) is 12.6. The van der Waals surface area contributed by atoms with Crippen molar-refractivity contribution < 1.29 is 18.7 Å². The number of hydrogen-bond donors (Lipinski definition) is 2. The molecule has 0 atom stereocenters. The van der Waals surface area contributed by atoms with Gasteiger partial charge in [0.2, 0.25) is 5.91 Å². The number of carbonyl (C=O) groups is 2. The van der Waals surface area contributed by atoms with Gasteiger partial charge in [-0.15, -0.1) is 0 Å². The molecule has 1 aromatic carbocycles. The van der Waals surface area contributed by atoms with Gasteiger partial charge in [-0.05, 0) is 31.9 Å². The van der Waals surface area contributed by atoms with Gasteiger partial charge < -0.3 is 19.8 Å². The topological polar surface area (TPSA) is 97.6 Å². The number of hydrogen-bond acceptors (Lipinski definition) is 6. The Morgan fingerprint density at radius 3 is 2.65 bits per heavy atom. The van der Waals surface area contributed by atoms with E-state index in [-0.39, 0.29) is 18.3 Å². The van der Waals surface area contributed by atoms with Crippen LogP contribution in [0.5, 0.6) is 0 Å². The maximum Gasteiger partial charge on any atom is 0.362 e. The van der Waals surface area contributed by atoms with Crippen molar-refractivity contribution in [3.05, 3.63) is 34.7 Å². The molecule has 0 unspecified atom stereocenters. The zero-order valence-corrected chi connectivity index (χ0v) is 14.7. The summed E-state index contributed by atoms with van der Waals surface area (Å²) < 4.78 is 10.1. The Hall–Kier alpha value is -2.83. The number of ether oxygens (including phenoxy) is 1. The molecule has 1 aromatic heterocycles. The molecule has 7 nitrogen and oxygen atoms in total. The smallest absolute Gasteiger partial charge is 0.362 e. The summed E-state index contributed by atoms with van der Waals surface area (Å²) in [5.74, 6) is -1.25. The second-order valence-electron chi connectivity index (χ2n) is 6.29. The van der Waals surface area contributed by atoms with Crippen LogP contribution in [0.1, 0.15) is 39.0 Å². The number of carbonyl (C=O) groups excluding carboxylic acids is 2. The first-order valence-electron chi connectivity index (χ1n) is 8.86. The fraction of sp³-hybridized carbons (Fsp3) is 0.421. The number of amides is 1. The van der Waals surface area contributed by atoms with Crippen LogP contribution in [-0.4, -0.2) is 24.5 Å². The van der Waals surface area contributed by atoms with Crippen molar-refractivity contribution in [2.75, 3.05) is 17.2 Å². The summed E-state index contributed by atoms with van der Waals surface area (Å²) in [6.45, 7) is 1.86. The van der Waals surface area contributed by atoms with Crippen LogP contribution in [0.2, 0.25) is 0 Å². The molecule has 1 saturated carbocycles. The van der Waals surface area contributed by atoms with Crippen molar-refractivity contribution in [2.45, 2.75) is 45.1 Å². The first-order valence-corrected chi connectivity index (χ1v) is 8.86. The molecule has 2 N–H and O–H groups in total. The van der Waals surface area contributed by atoms with Crippen molar-refractivity contribution in [3.8, 4) is 0 Å². The molecule has 1 amide bonds. The lowest BCUT2D eigenvalue weighted by atomic mass is 10.1. The average Bonchev–Trinajstić information content (AvgIpc) is 3.11. The Bertz CT molecular complexity index is 868. The van der Waals surface area contributed by atoms with E-state index in [4.69, 9.17) is 9.15 Å². The molecule has 3 rings (SSSR count). The van der Waals surface area contributed by atoms with Crippen molar-refractivity contribution in [1.82, 2.24) is 0 Å². The number of para-hydroxylation sites is 1. The quantitative estimate of drug-likeness (QED) is 0.468. The molecule has 1 fully saturated rings. The number of esters is 1. The second-order valence-corrected chi connectivity index (χ2v) is 6.29. The Morgan fingerprint density at radius 1 is 1.19 bits per heavy atom. The number of fused-ring (bicyclic) bond motifs is 1. The predicted octanol–water partition coefficient (Wildman–Crippen LogP) is 3.04. The van der Waals surface area contributed by atoms with Crippen LogP contribution in [-0.2, 0) is 14.3 Å². The lowest BCUT2D eigenvalue weighted by molar-refractivity contribution is -0.145. The van der Waals surface area contributed by atoms with E-state index in [1.54, 1.807) is 19.1 Å². The van der Waals surface area contributed by atoms with Crippen LogP contribution < -0.4 is 16.3 Å². The van der Waals surface area contributed by atoms with Crippen molar-refractivity contribution in [1.29, 1.82) is 0 Å². The van der Waals surface area contributed by atoms with Gasteiger partial charge in [-0.25, -0.2) is 4.79 Å². The highest BCUT2D eigenvalue weighted by Gasteiger charge is 2.22. The average molecular weight is 358 g/mol. The van der Waals surface area contributed by atoms with E-state index >= 15 is 0 Å². The second kappa shape index (κ2) is 8.03. The molecule has 0 saturated heterocycles. The molecule has 2 aromatic rings. The Kier molecular flexibility index (Phi) is 5.55. The lowest BCUT2D eigenvalue weighted by Gasteiger charge is -2.18. The van der Waals surface area contributed by atoms with E-state index < -0.39 is 23.9 Å². The van der Waals surface area contributed by atoms with Gasteiger partial charge in [-0.1, -0.05) is 25.0 Å². The van der Waals surface area contributed by atoms with Crippen LogP contribution >= 0.6 is 0 Å². The van der Waals surface area contributed by atoms with Crippen LogP contribution in [0, 0.1) is 0 Å². The third-order valence-corrected chi connectivity index (χ3v) is 4.39. The van der Waals surface area contributed by atoms with Gasteiger partial charge in [0.25, 0.3) is 0 Å². The number of rotatable bonds is 6. The van der Waals surface area contributed by atoms with Gasteiger partial charge >= 0.3 is 11.6 Å². The van der Waals surface area contributed by atoms with E-state index in [1.165, 1.54) is 0 Å². The zero-order chi connectivity index (χ0) is 18.5. The molecule has 0 radical (unpaired) electrons. The highest BCUT2D eigenvalue weighted by atomic mass is 16.5. The third kappa shape index (κ3) is 4.04. The summed E-state index contributed by atoms with van der Waals surface area (Å²) in [5.41, 5.74) is 0.369. The van der Waals surface area contributed by atoms with Crippen LogP contribution in [0.15, 0.2) is 33.5 Å². The minimum Gasteiger partial charge on any atom is -0.466 e. The summed E-state index contributed by atoms with van der Waals surface area (Å²) in [5, 5.41) is 6.63. The Labute approximate surface area is 150 Å². The molecule has 1 aliphatic carbocycles. The lowest BCUT2D eigenvalue weighted by Crippen LogP contribution is -2.24. The van der Waals surface area contributed by atoms with Gasteiger partial charge in [0, 0.05) is 11.4 Å². The minimum absolute atomic E-state index is 0.0323. The largest absolute Gasteiger partial charge is 0.466 e. The van der Waals surface area contributed by atoms with Crippen LogP contribution in [0.25, 0.3) is 11.0 Å².